The van der Waals surface area contributed by atoms with Crippen LogP contribution in [0.5, 0.6) is 5.75 Å². The molecule has 5 rings (SSSR count). The summed E-state index contributed by atoms with van der Waals surface area (Å²) in [6, 6.07) is 32.5. The van der Waals surface area contributed by atoms with E-state index in [0.29, 0.717) is 42.7 Å². The van der Waals surface area contributed by atoms with E-state index in [-0.39, 0.29) is 12.5 Å². The zero-order valence-corrected chi connectivity index (χ0v) is 25.8. The van der Waals surface area contributed by atoms with Crippen LogP contribution in [0.4, 0.5) is 0 Å². The van der Waals surface area contributed by atoms with Crippen molar-refractivity contribution < 1.29 is 19.4 Å². The number of hydrogen-bond acceptors (Lipinski definition) is 5. The quantitative estimate of drug-likeness (QED) is 0.154. The molecule has 1 heterocycles. The first kappa shape index (κ1) is 30.5. The van der Waals surface area contributed by atoms with E-state index in [4.69, 9.17) is 31.2 Å². The number of aliphatic imine (C=N–C) groups is 1. The van der Waals surface area contributed by atoms with Crippen molar-refractivity contribution in [2.24, 2.45) is 4.99 Å². The Labute approximate surface area is 265 Å². The summed E-state index contributed by atoms with van der Waals surface area (Å²) in [5, 5.41) is 12.8. The minimum absolute atomic E-state index is 0.0705. The van der Waals surface area contributed by atoms with Crippen molar-refractivity contribution in [2.75, 3.05) is 13.2 Å². The van der Waals surface area contributed by atoms with Crippen LogP contribution in [0, 0.1) is 0 Å². The van der Waals surface area contributed by atoms with Gasteiger partial charge in [-0.25, -0.2) is 4.99 Å². The third-order valence-electron chi connectivity index (χ3n) is 7.11. The summed E-state index contributed by atoms with van der Waals surface area (Å²) in [5.74, 6) is 0.814. The predicted octanol–water partition coefficient (Wildman–Crippen LogP) is 7.54. The fourth-order valence-electron chi connectivity index (χ4n) is 4.83. The highest BCUT2D eigenvalue weighted by molar-refractivity contribution is 9.10. The smallest absolute Gasteiger partial charge is 0.252 e. The predicted molar refractivity (Wildman–Crippen MR) is 174 cm³/mol. The first-order valence-corrected chi connectivity index (χ1v) is 15.2. The molecule has 0 spiro atoms. The molecular weight excluding hydrogens is 628 g/mol. The Balaban J connectivity index is 1.51. The minimum atomic E-state index is -1.28. The molecule has 0 radical (unpaired) electrons. The zero-order valence-electron chi connectivity index (χ0n) is 23.5. The number of aliphatic hydroxyl groups excluding tert-OH is 1. The number of hydrogen-bond donors (Lipinski definition) is 2. The van der Waals surface area contributed by atoms with Crippen LogP contribution in [0.2, 0.25) is 5.02 Å². The summed E-state index contributed by atoms with van der Waals surface area (Å²) >= 11 is 9.59. The SMILES string of the molecule is O=C(NCc1ccc(Cl)cc1)[C@]1(C/C=C/c2ccccc2)N=C(c2ccc(OCCCO)cc2)O[C@@H]1c1ccc(Br)cc1. The summed E-state index contributed by atoms with van der Waals surface area (Å²) in [7, 11) is 0. The molecule has 0 aromatic heterocycles. The van der Waals surface area contributed by atoms with Crippen LogP contribution >= 0.6 is 27.5 Å². The molecule has 220 valence electrons. The van der Waals surface area contributed by atoms with Crippen molar-refractivity contribution in [2.45, 2.75) is 31.0 Å². The van der Waals surface area contributed by atoms with Gasteiger partial charge in [0.1, 0.15) is 5.75 Å². The average Bonchev–Trinajstić information content (AvgIpc) is 3.42. The van der Waals surface area contributed by atoms with Crippen molar-refractivity contribution in [1.29, 1.82) is 0 Å². The van der Waals surface area contributed by atoms with Gasteiger partial charge >= 0.3 is 0 Å². The van der Waals surface area contributed by atoms with Crippen molar-refractivity contribution in [1.82, 2.24) is 5.32 Å². The fourth-order valence-corrected chi connectivity index (χ4v) is 5.22. The minimum Gasteiger partial charge on any atom is -0.494 e. The second-order valence-corrected chi connectivity index (χ2v) is 11.5. The molecule has 4 aromatic rings. The second kappa shape index (κ2) is 14.5. The molecule has 0 unspecified atom stereocenters. The maximum absolute atomic E-state index is 14.3. The largest absolute Gasteiger partial charge is 0.494 e. The molecule has 2 N–H and O–H groups in total. The van der Waals surface area contributed by atoms with Gasteiger partial charge in [-0.3, -0.25) is 4.79 Å². The van der Waals surface area contributed by atoms with E-state index in [1.807, 2.05) is 103 Å². The van der Waals surface area contributed by atoms with Crippen LogP contribution < -0.4 is 10.1 Å². The Hall–Kier alpha value is -3.91. The highest BCUT2D eigenvalue weighted by atomic mass is 79.9. The van der Waals surface area contributed by atoms with E-state index in [1.54, 1.807) is 12.1 Å². The van der Waals surface area contributed by atoms with Crippen molar-refractivity contribution in [3.63, 3.8) is 0 Å². The maximum Gasteiger partial charge on any atom is 0.252 e. The summed E-state index contributed by atoms with van der Waals surface area (Å²) in [6.45, 7) is 0.808. The zero-order chi connectivity index (χ0) is 30.1. The van der Waals surface area contributed by atoms with Gasteiger partial charge in [-0.15, -0.1) is 0 Å². The third-order valence-corrected chi connectivity index (χ3v) is 7.89. The second-order valence-electron chi connectivity index (χ2n) is 10.2. The van der Waals surface area contributed by atoms with Crippen molar-refractivity contribution >= 4 is 45.4 Å². The van der Waals surface area contributed by atoms with Crippen LogP contribution in [-0.4, -0.2) is 35.7 Å². The molecule has 2 atom stereocenters. The van der Waals surface area contributed by atoms with E-state index in [0.717, 1.165) is 26.7 Å². The summed E-state index contributed by atoms with van der Waals surface area (Å²) in [5.41, 5.74) is 2.24. The molecule has 0 saturated carbocycles. The van der Waals surface area contributed by atoms with Crippen LogP contribution in [0.25, 0.3) is 6.08 Å². The number of halogens is 2. The first-order chi connectivity index (χ1) is 21.0. The number of benzene rings is 4. The number of ether oxygens (including phenoxy) is 2. The van der Waals surface area contributed by atoms with E-state index >= 15 is 0 Å². The Morgan fingerprint density at radius 3 is 2.42 bits per heavy atom. The standard InChI is InChI=1S/C35H32BrClN2O4/c36-29-15-11-27(12-16-29)32-35(21-4-8-25-6-2-1-3-7-25,34(41)38-24-26-9-17-30(37)18-10-26)39-33(43-32)28-13-19-31(20-14-28)42-23-5-22-40/h1-4,6-20,32,40H,5,21-24H2,(H,38,41)/b8-4+/t32-,35-/m1/s1. The van der Waals surface area contributed by atoms with E-state index < -0.39 is 11.6 Å². The molecule has 1 aliphatic rings. The highest BCUT2D eigenvalue weighted by Gasteiger charge is 2.52. The van der Waals surface area contributed by atoms with E-state index in [9.17, 15) is 4.79 Å². The van der Waals surface area contributed by atoms with Crippen molar-refractivity contribution in [3.8, 4) is 5.75 Å². The Bertz CT molecular complexity index is 1560. The lowest BCUT2D eigenvalue weighted by Crippen LogP contribution is -2.47. The topological polar surface area (TPSA) is 80.2 Å². The normalized spacial score (nSPS) is 17.8. The average molecular weight is 660 g/mol. The molecule has 8 heteroatoms. The Morgan fingerprint density at radius 1 is 1.00 bits per heavy atom. The molecule has 1 amide bonds. The molecule has 0 fully saturated rings. The summed E-state index contributed by atoms with van der Waals surface area (Å²) in [4.78, 5) is 19.3. The Morgan fingerprint density at radius 2 is 1.72 bits per heavy atom. The monoisotopic (exact) mass is 658 g/mol. The van der Waals surface area contributed by atoms with Gasteiger partial charge in [0, 0.05) is 41.1 Å². The molecule has 1 aliphatic heterocycles. The first-order valence-electron chi connectivity index (χ1n) is 14.1. The number of carbonyl (C=O) groups excluding carboxylic acids is 1. The van der Waals surface area contributed by atoms with E-state index in [2.05, 4.69) is 21.2 Å². The van der Waals surface area contributed by atoms with Gasteiger partial charge < -0.3 is 19.9 Å². The summed E-state index contributed by atoms with van der Waals surface area (Å²) in [6.07, 6.45) is 4.16. The number of carbonyl (C=O) groups is 1. The third kappa shape index (κ3) is 7.73. The van der Waals surface area contributed by atoms with Gasteiger partial charge in [-0.05, 0) is 65.2 Å². The lowest BCUT2D eigenvalue weighted by Gasteiger charge is -2.30. The molecular formula is C35H32BrClN2O4. The number of nitrogens with zero attached hydrogens (tertiary/aromatic N) is 1. The highest BCUT2D eigenvalue weighted by Crippen LogP contribution is 2.43. The molecule has 43 heavy (non-hydrogen) atoms. The van der Waals surface area contributed by atoms with Gasteiger partial charge in [0.2, 0.25) is 5.90 Å². The van der Waals surface area contributed by atoms with Crippen LogP contribution in [0.15, 0.2) is 119 Å². The molecule has 0 bridgehead atoms. The number of rotatable bonds is 12. The molecule has 0 aliphatic carbocycles. The van der Waals surface area contributed by atoms with Gasteiger partial charge in [-0.1, -0.05) is 94.3 Å². The lowest BCUT2D eigenvalue weighted by molar-refractivity contribution is -0.129. The van der Waals surface area contributed by atoms with Gasteiger partial charge in [0.15, 0.2) is 11.6 Å². The molecule has 0 saturated heterocycles. The summed E-state index contributed by atoms with van der Waals surface area (Å²) < 4.78 is 13.2. The Kier molecular flexibility index (Phi) is 10.3. The van der Waals surface area contributed by atoms with Crippen LogP contribution in [-0.2, 0) is 16.1 Å². The van der Waals surface area contributed by atoms with Gasteiger partial charge in [0.25, 0.3) is 5.91 Å². The lowest BCUT2D eigenvalue weighted by atomic mass is 9.84. The fraction of sp³-hybridized carbons (Fsp3) is 0.200. The van der Waals surface area contributed by atoms with Gasteiger partial charge in [0.05, 0.1) is 6.61 Å². The van der Waals surface area contributed by atoms with Crippen LogP contribution in [0.1, 0.15) is 41.2 Å². The number of nitrogens with one attached hydrogen (secondary N) is 1. The number of amides is 1. The van der Waals surface area contributed by atoms with Crippen LogP contribution in [0.3, 0.4) is 0 Å². The maximum atomic E-state index is 14.3. The molecule has 6 nitrogen and oxygen atoms in total. The number of aliphatic hydroxyl groups is 1. The molecule has 4 aromatic carbocycles. The van der Waals surface area contributed by atoms with Crippen molar-refractivity contribution in [3.05, 3.63) is 141 Å². The van der Waals surface area contributed by atoms with E-state index in [1.165, 1.54) is 0 Å². The van der Waals surface area contributed by atoms with Gasteiger partial charge in [-0.2, -0.15) is 0 Å².